The zero-order valence-electron chi connectivity index (χ0n) is 19.8. The summed E-state index contributed by atoms with van der Waals surface area (Å²) in [4.78, 5) is 38.3. The SMILES string of the molecule is COCCNC(=O)[C@@H]1CN(Cc2scnc2C)C[C@H]2OCC[C@H]21.O=C(O)C(F)(F)F.O=C(O)C(F)(F)F. The molecule has 2 saturated heterocycles. The molecular weight excluding hydrogens is 540 g/mol. The summed E-state index contributed by atoms with van der Waals surface area (Å²) >= 11 is 1.68. The van der Waals surface area contributed by atoms with Crippen molar-refractivity contribution in [2.45, 2.75) is 38.3 Å². The first kappa shape index (κ1) is 32.5. The number of nitrogens with one attached hydrogen (secondary N) is 1. The number of rotatable bonds is 6. The van der Waals surface area contributed by atoms with E-state index in [1.165, 1.54) is 4.88 Å². The number of thiazole rings is 1. The topological polar surface area (TPSA) is 138 Å². The summed E-state index contributed by atoms with van der Waals surface area (Å²) in [7, 11) is 1.65. The van der Waals surface area contributed by atoms with Gasteiger partial charge < -0.3 is 25.0 Å². The lowest BCUT2D eigenvalue weighted by Gasteiger charge is -2.39. The second kappa shape index (κ2) is 14.4. The minimum absolute atomic E-state index is 0.00123. The monoisotopic (exact) mass is 567 g/mol. The van der Waals surface area contributed by atoms with Gasteiger partial charge in [0.2, 0.25) is 5.91 Å². The van der Waals surface area contributed by atoms with Gasteiger partial charge in [-0.1, -0.05) is 0 Å². The Balaban J connectivity index is 0.000000404. The number of ether oxygens (including phenoxy) is 2. The highest BCUT2D eigenvalue weighted by Crippen LogP contribution is 2.34. The highest BCUT2D eigenvalue weighted by Gasteiger charge is 2.44. The molecule has 2 aliphatic heterocycles. The van der Waals surface area contributed by atoms with Crippen LogP contribution in [0, 0.1) is 18.8 Å². The van der Waals surface area contributed by atoms with Crippen LogP contribution in [-0.2, 0) is 30.4 Å². The van der Waals surface area contributed by atoms with Crippen LogP contribution < -0.4 is 5.32 Å². The minimum atomic E-state index is -5.08. The minimum Gasteiger partial charge on any atom is -0.475 e. The predicted molar refractivity (Wildman–Crippen MR) is 116 cm³/mol. The Hall–Kier alpha value is -2.50. The first-order chi connectivity index (χ1) is 17.1. The van der Waals surface area contributed by atoms with Crippen LogP contribution in [0.3, 0.4) is 0 Å². The molecule has 3 rings (SSSR count). The van der Waals surface area contributed by atoms with Crippen molar-refractivity contribution in [2.24, 2.45) is 11.8 Å². The van der Waals surface area contributed by atoms with E-state index in [4.69, 9.17) is 29.3 Å². The number of aromatic nitrogens is 1. The van der Waals surface area contributed by atoms with Crippen LogP contribution in [0.4, 0.5) is 26.3 Å². The number of hydrogen-bond acceptors (Lipinski definition) is 8. The Morgan fingerprint density at radius 3 is 2.19 bits per heavy atom. The molecule has 37 heavy (non-hydrogen) atoms. The molecule has 17 heteroatoms. The molecule has 3 atom stereocenters. The number of carboxylic acids is 2. The zero-order chi connectivity index (χ0) is 28.4. The first-order valence-corrected chi connectivity index (χ1v) is 11.6. The number of hydrogen-bond donors (Lipinski definition) is 3. The number of methoxy groups -OCH3 is 1. The number of carbonyl (C=O) groups is 3. The van der Waals surface area contributed by atoms with Crippen LogP contribution in [0.2, 0.25) is 0 Å². The van der Waals surface area contributed by atoms with Crippen LogP contribution in [0.15, 0.2) is 5.51 Å². The lowest BCUT2D eigenvalue weighted by molar-refractivity contribution is -0.193. The summed E-state index contributed by atoms with van der Waals surface area (Å²) in [6, 6.07) is 0. The lowest BCUT2D eigenvalue weighted by Crippen LogP contribution is -2.52. The summed E-state index contributed by atoms with van der Waals surface area (Å²) in [5, 5.41) is 17.3. The Kier molecular flexibility index (Phi) is 12.7. The van der Waals surface area contributed by atoms with Gasteiger partial charge in [-0.2, -0.15) is 26.3 Å². The van der Waals surface area contributed by atoms with Crippen molar-refractivity contribution in [3.63, 3.8) is 0 Å². The normalized spacial score (nSPS) is 21.6. The molecule has 10 nitrogen and oxygen atoms in total. The van der Waals surface area contributed by atoms with Crippen molar-refractivity contribution in [3.8, 4) is 0 Å². The third-order valence-corrected chi connectivity index (χ3v) is 6.23. The second-order valence-electron chi connectivity index (χ2n) is 7.91. The highest BCUT2D eigenvalue weighted by molar-refractivity contribution is 7.09. The highest BCUT2D eigenvalue weighted by atomic mass is 32.1. The quantitative estimate of drug-likeness (QED) is 0.349. The fourth-order valence-electron chi connectivity index (χ4n) is 3.55. The molecule has 3 N–H and O–H groups in total. The van der Waals surface area contributed by atoms with Gasteiger partial charge in [0.15, 0.2) is 0 Å². The van der Waals surface area contributed by atoms with Crippen molar-refractivity contribution in [2.75, 3.05) is 40.0 Å². The summed E-state index contributed by atoms with van der Waals surface area (Å²) in [5.74, 6) is -5.04. The smallest absolute Gasteiger partial charge is 0.475 e. The van der Waals surface area contributed by atoms with E-state index in [9.17, 15) is 31.1 Å². The number of alkyl halides is 6. The molecule has 0 saturated carbocycles. The molecule has 1 aromatic heterocycles. The number of carboxylic acid groups (broad SMARTS) is 2. The van der Waals surface area contributed by atoms with Crippen molar-refractivity contribution in [3.05, 3.63) is 16.1 Å². The maximum atomic E-state index is 12.6. The molecule has 0 spiro atoms. The zero-order valence-corrected chi connectivity index (χ0v) is 20.6. The fraction of sp³-hybridized carbons (Fsp3) is 0.700. The van der Waals surface area contributed by atoms with Gasteiger partial charge >= 0.3 is 24.3 Å². The van der Waals surface area contributed by atoms with Crippen molar-refractivity contribution in [1.29, 1.82) is 0 Å². The number of piperidine rings is 1. The number of fused-ring (bicyclic) bond motifs is 1. The number of carbonyl (C=O) groups excluding carboxylic acids is 1. The van der Waals surface area contributed by atoms with E-state index in [0.29, 0.717) is 19.1 Å². The van der Waals surface area contributed by atoms with E-state index in [0.717, 1.165) is 38.4 Å². The van der Waals surface area contributed by atoms with Crippen LogP contribution >= 0.6 is 11.3 Å². The van der Waals surface area contributed by atoms with Gasteiger partial charge in [-0.15, -0.1) is 11.3 Å². The average molecular weight is 568 g/mol. The van der Waals surface area contributed by atoms with Gasteiger partial charge in [-0.05, 0) is 13.3 Å². The first-order valence-electron chi connectivity index (χ1n) is 10.7. The maximum absolute atomic E-state index is 12.6. The largest absolute Gasteiger partial charge is 0.490 e. The van der Waals surface area contributed by atoms with Gasteiger partial charge in [-0.25, -0.2) is 14.6 Å². The molecule has 1 aromatic rings. The van der Waals surface area contributed by atoms with E-state index in [2.05, 4.69) is 15.2 Å². The molecule has 212 valence electrons. The van der Waals surface area contributed by atoms with Crippen LogP contribution in [0.1, 0.15) is 17.0 Å². The fourth-order valence-corrected chi connectivity index (χ4v) is 4.37. The number of aryl methyl sites for hydroxylation is 1. The Morgan fingerprint density at radius 2 is 1.73 bits per heavy atom. The maximum Gasteiger partial charge on any atom is 0.490 e. The van der Waals surface area contributed by atoms with Gasteiger partial charge in [0.05, 0.1) is 29.8 Å². The van der Waals surface area contributed by atoms with Gasteiger partial charge in [0.25, 0.3) is 0 Å². The van der Waals surface area contributed by atoms with Crippen molar-refractivity contribution < 1.29 is 60.4 Å². The molecular formula is C20H27F6N3O7S. The Morgan fingerprint density at radius 1 is 1.16 bits per heavy atom. The molecule has 0 aliphatic carbocycles. The van der Waals surface area contributed by atoms with Crippen LogP contribution in [0.5, 0.6) is 0 Å². The summed E-state index contributed by atoms with van der Waals surface area (Å²) < 4.78 is 74.4. The average Bonchev–Trinajstić information content (AvgIpc) is 3.41. The Labute approximate surface area is 211 Å². The molecule has 2 aliphatic rings. The lowest BCUT2D eigenvalue weighted by atomic mass is 9.82. The van der Waals surface area contributed by atoms with E-state index in [1.807, 2.05) is 12.4 Å². The summed E-state index contributed by atoms with van der Waals surface area (Å²) in [6.07, 6.45) is -9.00. The third kappa shape index (κ3) is 11.2. The molecule has 0 bridgehead atoms. The van der Waals surface area contributed by atoms with E-state index in [1.54, 1.807) is 18.4 Å². The molecule has 0 aromatic carbocycles. The Bertz CT molecular complexity index is 873. The van der Waals surface area contributed by atoms with E-state index in [-0.39, 0.29) is 17.9 Å². The summed E-state index contributed by atoms with van der Waals surface area (Å²) in [6.45, 7) is 6.48. The van der Waals surface area contributed by atoms with Crippen molar-refractivity contribution >= 4 is 29.2 Å². The molecule has 0 unspecified atom stereocenters. The number of likely N-dealkylation sites (tertiary alicyclic amines) is 1. The van der Waals surface area contributed by atoms with E-state index < -0.39 is 24.3 Å². The summed E-state index contributed by atoms with van der Waals surface area (Å²) in [5.41, 5.74) is 2.98. The van der Waals surface area contributed by atoms with Gasteiger partial charge in [0.1, 0.15) is 0 Å². The van der Waals surface area contributed by atoms with Gasteiger partial charge in [0, 0.05) is 50.7 Å². The second-order valence-corrected chi connectivity index (χ2v) is 8.85. The number of aliphatic carboxylic acids is 2. The molecule has 2 fully saturated rings. The van der Waals surface area contributed by atoms with Crippen LogP contribution in [0.25, 0.3) is 0 Å². The third-order valence-electron chi connectivity index (χ3n) is 5.31. The van der Waals surface area contributed by atoms with Gasteiger partial charge in [-0.3, -0.25) is 9.69 Å². The number of halogens is 6. The van der Waals surface area contributed by atoms with E-state index >= 15 is 0 Å². The van der Waals surface area contributed by atoms with Crippen molar-refractivity contribution in [1.82, 2.24) is 15.2 Å². The number of amides is 1. The predicted octanol–water partition coefficient (Wildman–Crippen LogP) is 2.32. The van der Waals surface area contributed by atoms with Crippen LogP contribution in [-0.4, -0.2) is 96.4 Å². The molecule has 1 amide bonds. The molecule has 0 radical (unpaired) electrons. The molecule has 3 heterocycles. The number of nitrogens with zero attached hydrogens (tertiary/aromatic N) is 2. The standard InChI is InChI=1S/C16H25N3O3S.2C2HF3O2/c1-11-15(23-10-18-11)9-19-7-13(16(20)17-4-6-21-2)12-3-5-22-14(12)8-19;2*3-2(4,5)1(6)7/h10,12-14H,3-9H2,1-2H3,(H,17,20);2*(H,6,7)/t12-,13+,14+;;/m0../s1.